The smallest absolute Gasteiger partial charge is 0.405 e. The Hall–Kier alpha value is -3.72. The minimum atomic E-state index is -1.20. The number of primary amides is 1. The van der Waals surface area contributed by atoms with Crippen molar-refractivity contribution in [2.24, 2.45) is 11.7 Å². The molecule has 0 aliphatic carbocycles. The van der Waals surface area contributed by atoms with Crippen LogP contribution < -0.4 is 21.7 Å². The van der Waals surface area contributed by atoms with Crippen molar-refractivity contribution in [1.82, 2.24) is 10.6 Å². The first-order valence-electron chi connectivity index (χ1n) is 18.4. The number of carbonyl (C=O) groups excluding carboxylic acids is 4. The fourth-order valence-corrected chi connectivity index (χ4v) is 4.60. The summed E-state index contributed by atoms with van der Waals surface area (Å²) >= 11 is 0. The number of carbonyl (C=O) groups is 4. The van der Waals surface area contributed by atoms with Crippen molar-refractivity contribution >= 4 is 29.5 Å². The van der Waals surface area contributed by atoms with E-state index in [0.717, 1.165) is 0 Å². The van der Waals surface area contributed by atoms with Crippen molar-refractivity contribution in [3.8, 4) is 0 Å². The van der Waals surface area contributed by atoms with E-state index in [9.17, 15) is 24.3 Å². The Morgan fingerprint density at radius 3 is 1.71 bits per heavy atom. The van der Waals surface area contributed by atoms with E-state index in [4.69, 9.17) is 48.4 Å². The molecule has 0 heterocycles. The van der Waals surface area contributed by atoms with Gasteiger partial charge in [-0.25, -0.2) is 4.79 Å². The van der Waals surface area contributed by atoms with E-state index < -0.39 is 42.6 Å². The molecular weight excluding hydrogens is 724 g/mol. The molecule has 1 rings (SSSR count). The third kappa shape index (κ3) is 24.4. The second kappa shape index (κ2) is 32.5. The number of aliphatic hydroxyl groups excluding tert-OH is 1. The zero-order valence-corrected chi connectivity index (χ0v) is 32.5. The third-order valence-electron chi connectivity index (χ3n) is 7.58. The van der Waals surface area contributed by atoms with Gasteiger partial charge in [-0.05, 0) is 37.5 Å². The lowest BCUT2D eigenvalue weighted by molar-refractivity contribution is -0.134. The number of methoxy groups -OCH3 is 1. The van der Waals surface area contributed by atoms with Crippen LogP contribution in [0.15, 0.2) is 30.9 Å². The molecule has 0 fully saturated rings. The summed E-state index contributed by atoms with van der Waals surface area (Å²) in [5.41, 5.74) is 5.92. The van der Waals surface area contributed by atoms with E-state index in [1.54, 1.807) is 20.1 Å². The Labute approximate surface area is 324 Å². The fourth-order valence-electron chi connectivity index (χ4n) is 4.60. The van der Waals surface area contributed by atoms with Crippen molar-refractivity contribution in [3.05, 3.63) is 42.0 Å². The van der Waals surface area contributed by atoms with E-state index in [1.165, 1.54) is 25.1 Å². The molecule has 18 heteroatoms. The monoisotopic (exact) mass is 786 g/mol. The van der Waals surface area contributed by atoms with Crippen LogP contribution in [0, 0.1) is 5.92 Å². The summed E-state index contributed by atoms with van der Waals surface area (Å²) in [5, 5.41) is 17.7. The molecule has 1 aromatic rings. The van der Waals surface area contributed by atoms with E-state index >= 15 is 0 Å². The minimum Gasteiger partial charge on any atom is -0.436 e. The Kier molecular flexibility index (Phi) is 29.1. The van der Waals surface area contributed by atoms with Crippen LogP contribution in [-0.2, 0) is 58.8 Å². The van der Waals surface area contributed by atoms with Gasteiger partial charge >= 0.3 is 6.09 Å². The number of anilines is 1. The van der Waals surface area contributed by atoms with Crippen LogP contribution in [-0.4, -0.2) is 154 Å². The number of rotatable bonds is 35. The Morgan fingerprint density at radius 1 is 0.764 bits per heavy atom. The molecule has 0 aliphatic heterocycles. The number of nitrogens with two attached hydrogens (primary N) is 1. The first kappa shape index (κ1) is 49.3. The maximum Gasteiger partial charge on any atom is 0.405 e. The summed E-state index contributed by atoms with van der Waals surface area (Å²) in [5.74, 6) is -2.12. The van der Waals surface area contributed by atoms with E-state index in [-0.39, 0.29) is 30.3 Å². The molecule has 0 bridgehead atoms. The number of allylic oxidation sites excluding steroid dienone is 1. The van der Waals surface area contributed by atoms with Crippen LogP contribution in [0.25, 0.3) is 0 Å². The molecule has 0 saturated heterocycles. The molecule has 4 amide bonds. The van der Waals surface area contributed by atoms with Gasteiger partial charge in [-0.15, -0.1) is 6.58 Å². The number of amides is 4. The van der Waals surface area contributed by atoms with Crippen LogP contribution in [0.2, 0.25) is 0 Å². The maximum atomic E-state index is 12.9. The van der Waals surface area contributed by atoms with Crippen molar-refractivity contribution in [3.63, 3.8) is 0 Å². The molecule has 0 aliphatic rings. The molecule has 0 aromatic heterocycles. The normalized spacial score (nSPS) is 12.7. The molecular formula is C37H62N4O14. The number of hydrogen-bond donors (Lipinski definition) is 5. The maximum absolute atomic E-state index is 12.9. The first-order chi connectivity index (χ1) is 26.6. The Bertz CT molecular complexity index is 1220. The van der Waals surface area contributed by atoms with Gasteiger partial charge in [0.2, 0.25) is 5.91 Å². The van der Waals surface area contributed by atoms with Crippen LogP contribution in [0.5, 0.6) is 0 Å². The summed E-state index contributed by atoms with van der Waals surface area (Å²) in [6, 6.07) is 3.42. The Morgan fingerprint density at radius 2 is 1.25 bits per heavy atom. The van der Waals surface area contributed by atoms with Gasteiger partial charge in [-0.1, -0.05) is 19.1 Å². The van der Waals surface area contributed by atoms with Crippen molar-refractivity contribution < 1.29 is 66.9 Å². The molecule has 0 saturated carbocycles. The molecule has 55 heavy (non-hydrogen) atoms. The quantitative estimate of drug-likeness (QED) is 0.0481. The van der Waals surface area contributed by atoms with Crippen LogP contribution >= 0.6 is 0 Å². The SMILES string of the molecule is C=CCCC(C)[C@H](OC(N)=O)C(=O)N[C@@H](C)C(=O)Nc1ccc(CO)c(C(=O)NCCOCCOCCOCCOCCOCCOCCOCCOC)c1. The number of nitrogens with one attached hydrogen (secondary N) is 3. The highest BCUT2D eigenvalue weighted by Crippen LogP contribution is 2.18. The average Bonchev–Trinajstić information content (AvgIpc) is 3.17. The van der Waals surface area contributed by atoms with E-state index in [2.05, 4.69) is 22.5 Å². The summed E-state index contributed by atoms with van der Waals surface area (Å²) in [6.07, 6.45) is 0.470. The van der Waals surface area contributed by atoms with Crippen molar-refractivity contribution in [2.75, 3.05) is 118 Å². The summed E-state index contributed by atoms with van der Waals surface area (Å²) < 4.78 is 47.9. The molecule has 1 unspecified atom stereocenters. The zero-order valence-electron chi connectivity index (χ0n) is 32.5. The van der Waals surface area contributed by atoms with Gasteiger partial charge in [0.15, 0.2) is 6.10 Å². The molecule has 6 N–H and O–H groups in total. The lowest BCUT2D eigenvalue weighted by atomic mass is 9.98. The summed E-state index contributed by atoms with van der Waals surface area (Å²) in [4.78, 5) is 50.0. The topological polar surface area (TPSA) is 234 Å². The van der Waals surface area contributed by atoms with Gasteiger partial charge in [-0.2, -0.15) is 0 Å². The predicted octanol–water partition coefficient (Wildman–Crippen LogP) is 1.18. The van der Waals surface area contributed by atoms with E-state index in [1.807, 2.05) is 0 Å². The van der Waals surface area contributed by atoms with Crippen LogP contribution in [0.4, 0.5) is 10.5 Å². The van der Waals surface area contributed by atoms with Crippen molar-refractivity contribution in [1.29, 1.82) is 0 Å². The van der Waals surface area contributed by atoms with Gasteiger partial charge < -0.3 is 69.4 Å². The number of ether oxygens (including phenoxy) is 9. The predicted molar refractivity (Wildman–Crippen MR) is 202 cm³/mol. The highest BCUT2D eigenvalue weighted by molar-refractivity contribution is 6.00. The van der Waals surface area contributed by atoms with Gasteiger partial charge in [-0.3, -0.25) is 14.4 Å². The zero-order chi connectivity index (χ0) is 40.5. The molecule has 314 valence electrons. The second-order valence-corrected chi connectivity index (χ2v) is 12.0. The minimum absolute atomic E-state index is 0.155. The summed E-state index contributed by atoms with van der Waals surface area (Å²) in [6.45, 7) is 13.2. The third-order valence-corrected chi connectivity index (χ3v) is 7.58. The number of aliphatic hydroxyl groups is 1. The van der Waals surface area contributed by atoms with E-state index in [0.29, 0.717) is 111 Å². The number of benzene rings is 1. The Balaban J connectivity index is 2.22. The molecule has 1 aromatic carbocycles. The molecule has 3 atom stereocenters. The van der Waals surface area contributed by atoms with Gasteiger partial charge in [0.25, 0.3) is 11.8 Å². The largest absolute Gasteiger partial charge is 0.436 e. The van der Waals surface area contributed by atoms with Crippen LogP contribution in [0.3, 0.4) is 0 Å². The van der Waals surface area contributed by atoms with Gasteiger partial charge in [0, 0.05) is 30.8 Å². The highest BCUT2D eigenvalue weighted by atomic mass is 16.6. The average molecular weight is 787 g/mol. The number of hydrogen-bond acceptors (Lipinski definition) is 14. The van der Waals surface area contributed by atoms with Crippen LogP contribution in [0.1, 0.15) is 42.6 Å². The highest BCUT2D eigenvalue weighted by Gasteiger charge is 2.30. The lowest BCUT2D eigenvalue weighted by Crippen LogP contribution is -2.49. The van der Waals surface area contributed by atoms with Gasteiger partial charge in [0.05, 0.1) is 106 Å². The summed E-state index contributed by atoms with van der Waals surface area (Å²) in [7, 11) is 1.63. The molecule has 0 spiro atoms. The van der Waals surface area contributed by atoms with Crippen molar-refractivity contribution in [2.45, 2.75) is 45.4 Å². The first-order valence-corrected chi connectivity index (χ1v) is 18.4. The lowest BCUT2D eigenvalue weighted by Gasteiger charge is -2.24. The van der Waals surface area contributed by atoms with Gasteiger partial charge in [0.1, 0.15) is 6.04 Å². The fraction of sp³-hybridized carbons (Fsp3) is 0.676. The molecule has 18 nitrogen and oxygen atoms in total. The standard InChI is InChI=1S/C37H62N4O14/c1-5-6-7-28(2)33(55-37(38)46)36(45)40-29(3)34(43)41-31-9-8-30(27-42)32(26-31)35(44)39-10-11-48-14-15-50-18-19-52-22-23-54-25-24-53-21-20-51-17-16-49-13-12-47-4/h5,8-9,26,28-29,33,42H,1,6-7,10-25,27H2,2-4H3,(H2,38,46)(H,39,44)(H,40,45)(H,41,43)/t28?,29-,33-/m0/s1. The molecule has 0 radical (unpaired) electrons. The second-order valence-electron chi connectivity index (χ2n) is 12.0.